The third-order valence-corrected chi connectivity index (χ3v) is 1.42. The first kappa shape index (κ1) is 25.6. The molecule has 0 aromatic carbocycles. The average Bonchev–Trinajstić information content (AvgIpc) is 1.81. The molecule has 0 aromatic rings. The van der Waals surface area contributed by atoms with Crippen molar-refractivity contribution < 1.29 is 88.3 Å². The minimum absolute atomic E-state index is 0. The van der Waals surface area contributed by atoms with Gasteiger partial charge >= 0.3 is 65.1 Å². The predicted molar refractivity (Wildman–Crippen MR) is 41.9 cm³/mol. The number of hydrogen-bond acceptors (Lipinski definition) is 6. The Kier molecular flexibility index (Phi) is 17.6. The molecule has 84 valence electrons. The van der Waals surface area contributed by atoms with Crippen LogP contribution in [0, 0.1) is 5.41 Å². The molecular formula is C4H10N3Na2O6P. The fourth-order valence-corrected chi connectivity index (χ4v) is 0.740. The standard InChI is InChI=1S/C4H10N3O5P.2Na.H2O/c1-7(4(5)6)2-3(8)12-13(9,10)11;;;/h2H2,1H3,(H3,5,6)(H2,9,10,11);;;1H2/q;2*+1;/p-2. The Morgan fingerprint density at radius 1 is 1.50 bits per heavy atom. The quantitative estimate of drug-likeness (QED) is 0.222. The molecule has 0 radical (unpaired) electrons. The Bertz CT molecular complexity index is 270. The van der Waals surface area contributed by atoms with E-state index in [-0.39, 0.29) is 64.6 Å². The fraction of sp³-hybridized carbons (Fsp3) is 0.500. The molecule has 5 N–H and O–H groups in total. The van der Waals surface area contributed by atoms with E-state index in [0.29, 0.717) is 0 Å². The summed E-state index contributed by atoms with van der Waals surface area (Å²) in [6.45, 7) is -0.566. The van der Waals surface area contributed by atoms with E-state index in [0.717, 1.165) is 4.90 Å². The first-order chi connectivity index (χ1) is 5.72. The molecule has 0 saturated carbocycles. The van der Waals surface area contributed by atoms with Gasteiger partial charge in [0.1, 0.15) is 14.4 Å². The monoisotopic (exact) mass is 273 g/mol. The van der Waals surface area contributed by atoms with Gasteiger partial charge in [0.05, 0.1) is 0 Å². The number of carbonyl (C=O) groups is 1. The average molecular weight is 273 g/mol. The van der Waals surface area contributed by atoms with Crippen LogP contribution in [0.5, 0.6) is 0 Å². The molecular weight excluding hydrogens is 263 g/mol. The molecule has 0 saturated heterocycles. The van der Waals surface area contributed by atoms with Gasteiger partial charge in [-0.1, -0.05) is 0 Å². The normalized spacial score (nSPS) is 8.69. The summed E-state index contributed by atoms with van der Waals surface area (Å²) < 4.78 is 13.4. The summed E-state index contributed by atoms with van der Waals surface area (Å²) in [7, 11) is -4.03. The van der Waals surface area contributed by atoms with Gasteiger partial charge in [0.2, 0.25) is 0 Å². The second-order valence-electron chi connectivity index (χ2n) is 2.15. The van der Waals surface area contributed by atoms with Crippen LogP contribution in [-0.2, 0) is 13.9 Å². The first-order valence-corrected chi connectivity index (χ1v) is 4.48. The van der Waals surface area contributed by atoms with Gasteiger partial charge in [-0.25, -0.2) is 4.79 Å². The summed E-state index contributed by atoms with van der Waals surface area (Å²) in [6.07, 6.45) is 0. The molecule has 0 aliphatic heterocycles. The molecule has 12 heteroatoms. The molecule has 16 heavy (non-hydrogen) atoms. The van der Waals surface area contributed by atoms with Crippen LogP contribution in [0.4, 0.5) is 0 Å². The number of guanidine groups is 1. The number of phosphoric acid groups is 1. The second kappa shape index (κ2) is 11.0. The molecule has 0 fully saturated rings. The van der Waals surface area contributed by atoms with E-state index in [1.807, 2.05) is 0 Å². The number of phosphoric ester groups is 1. The summed E-state index contributed by atoms with van der Waals surface area (Å²) in [4.78, 5) is 31.3. The third-order valence-electron chi connectivity index (χ3n) is 0.991. The van der Waals surface area contributed by atoms with Gasteiger partial charge in [-0.15, -0.1) is 0 Å². The Labute approximate surface area is 136 Å². The zero-order valence-electron chi connectivity index (χ0n) is 9.22. The van der Waals surface area contributed by atoms with E-state index < -0.39 is 26.3 Å². The summed E-state index contributed by atoms with van der Waals surface area (Å²) in [5.74, 6) is -1.71. The van der Waals surface area contributed by atoms with E-state index in [1.165, 1.54) is 7.05 Å². The van der Waals surface area contributed by atoms with Crippen molar-refractivity contribution in [3.63, 3.8) is 0 Å². The van der Waals surface area contributed by atoms with Gasteiger partial charge in [-0.05, 0) is 0 Å². The third kappa shape index (κ3) is 14.9. The topological polar surface area (TPSA) is 174 Å². The van der Waals surface area contributed by atoms with Gasteiger partial charge in [0.25, 0.3) is 0 Å². The van der Waals surface area contributed by atoms with Crippen molar-refractivity contribution in [3.05, 3.63) is 0 Å². The van der Waals surface area contributed by atoms with Crippen molar-refractivity contribution in [1.82, 2.24) is 4.90 Å². The number of likely N-dealkylation sites (N-methyl/N-ethyl adjacent to an activating group) is 1. The summed E-state index contributed by atoms with van der Waals surface area (Å²) in [5.41, 5.74) is 4.92. The van der Waals surface area contributed by atoms with Crippen LogP contribution in [0.3, 0.4) is 0 Å². The Morgan fingerprint density at radius 2 is 1.88 bits per heavy atom. The molecule has 0 unspecified atom stereocenters. The van der Waals surface area contributed by atoms with E-state index in [2.05, 4.69) is 4.52 Å². The summed E-state index contributed by atoms with van der Waals surface area (Å²) >= 11 is 0. The molecule has 0 bridgehead atoms. The zero-order valence-corrected chi connectivity index (χ0v) is 14.1. The molecule has 0 heterocycles. The van der Waals surface area contributed by atoms with Gasteiger partial charge in [0.15, 0.2) is 5.96 Å². The molecule has 0 rings (SSSR count). The molecule has 0 spiro atoms. The number of nitrogens with one attached hydrogen (secondary N) is 1. The van der Waals surface area contributed by atoms with Gasteiger partial charge in [0, 0.05) is 7.05 Å². The predicted octanol–water partition coefficient (Wildman–Crippen LogP) is -9.63. The second-order valence-corrected chi connectivity index (χ2v) is 3.23. The van der Waals surface area contributed by atoms with Crippen LogP contribution in [0.25, 0.3) is 0 Å². The van der Waals surface area contributed by atoms with Crippen molar-refractivity contribution >= 4 is 19.8 Å². The number of carbonyl (C=O) groups excluding carboxylic acids is 1. The van der Waals surface area contributed by atoms with E-state index in [9.17, 15) is 19.1 Å². The SMILES string of the molecule is CN(CC(=O)OP(=O)([O-])[O-])C(=N)N.O.[Na+].[Na+]. The number of nitrogens with two attached hydrogens (primary N) is 1. The van der Waals surface area contributed by atoms with E-state index >= 15 is 0 Å². The molecule has 0 aliphatic carbocycles. The largest absolute Gasteiger partial charge is 1.00 e. The fourth-order valence-electron chi connectivity index (χ4n) is 0.432. The number of rotatable bonds is 3. The molecule has 0 amide bonds. The smallest absolute Gasteiger partial charge is 0.780 e. The Balaban J connectivity index is -0.000000240. The van der Waals surface area contributed by atoms with Crippen molar-refractivity contribution in [2.24, 2.45) is 5.73 Å². The summed E-state index contributed by atoms with van der Waals surface area (Å²) in [6, 6.07) is 0. The van der Waals surface area contributed by atoms with Gasteiger partial charge in [-0.3, -0.25) is 5.41 Å². The Hall–Kier alpha value is 0.850. The number of hydrogen-bond donors (Lipinski definition) is 2. The summed E-state index contributed by atoms with van der Waals surface area (Å²) in [5, 5.41) is 6.80. The van der Waals surface area contributed by atoms with Crippen molar-refractivity contribution in [2.45, 2.75) is 0 Å². The maximum absolute atomic E-state index is 10.6. The van der Waals surface area contributed by atoms with Crippen LogP contribution in [0.15, 0.2) is 0 Å². The molecule has 0 aromatic heterocycles. The van der Waals surface area contributed by atoms with Crippen LogP contribution in [0.1, 0.15) is 0 Å². The van der Waals surface area contributed by atoms with Crippen LogP contribution in [-0.4, -0.2) is 35.9 Å². The van der Waals surface area contributed by atoms with Gasteiger partial charge in [-0.2, -0.15) is 0 Å². The van der Waals surface area contributed by atoms with Crippen LogP contribution >= 0.6 is 7.82 Å². The maximum Gasteiger partial charge on any atom is 1.00 e. The first-order valence-electron chi connectivity index (χ1n) is 3.02. The van der Waals surface area contributed by atoms with Crippen LogP contribution < -0.4 is 74.6 Å². The van der Waals surface area contributed by atoms with Crippen LogP contribution in [0.2, 0.25) is 0 Å². The van der Waals surface area contributed by atoms with Crippen molar-refractivity contribution in [1.29, 1.82) is 5.41 Å². The maximum atomic E-state index is 10.6. The van der Waals surface area contributed by atoms with E-state index in [1.54, 1.807) is 0 Å². The zero-order chi connectivity index (χ0) is 10.6. The van der Waals surface area contributed by atoms with Crippen molar-refractivity contribution in [2.75, 3.05) is 13.6 Å². The molecule has 9 nitrogen and oxygen atoms in total. The minimum Gasteiger partial charge on any atom is -0.780 e. The molecule has 0 atom stereocenters. The Morgan fingerprint density at radius 3 is 2.12 bits per heavy atom. The van der Waals surface area contributed by atoms with E-state index in [4.69, 9.17) is 11.1 Å². The van der Waals surface area contributed by atoms with Crippen molar-refractivity contribution in [3.8, 4) is 0 Å². The van der Waals surface area contributed by atoms with Gasteiger partial charge < -0.3 is 35.0 Å². The number of nitrogens with zero attached hydrogens (tertiary/aromatic N) is 1. The minimum atomic E-state index is -5.30. The molecule has 0 aliphatic rings.